The molecule has 0 bridgehead atoms. The fourth-order valence-corrected chi connectivity index (χ4v) is 1.12. The summed E-state index contributed by atoms with van der Waals surface area (Å²) >= 11 is 0. The standard InChI is InChI=1S/C10H12N2O2/c1-6-4-9(12-8(3)14)5-10(11-6)7(2)13/h4-5H,1-3H3,(H,11,12,14). The van der Waals surface area contributed by atoms with Gasteiger partial charge in [-0.05, 0) is 19.1 Å². The number of rotatable bonds is 2. The molecule has 1 aromatic rings. The summed E-state index contributed by atoms with van der Waals surface area (Å²) in [5.74, 6) is -0.273. The van der Waals surface area contributed by atoms with E-state index in [-0.39, 0.29) is 11.7 Å². The Labute approximate surface area is 82.3 Å². The molecule has 0 spiro atoms. The predicted molar refractivity (Wildman–Crippen MR) is 53.3 cm³/mol. The summed E-state index contributed by atoms with van der Waals surface area (Å²) in [6.07, 6.45) is 0. The van der Waals surface area contributed by atoms with Gasteiger partial charge in [0.2, 0.25) is 5.91 Å². The Hall–Kier alpha value is -1.71. The van der Waals surface area contributed by atoms with Gasteiger partial charge in [-0.3, -0.25) is 9.59 Å². The Morgan fingerprint density at radius 1 is 1.29 bits per heavy atom. The highest BCUT2D eigenvalue weighted by Crippen LogP contribution is 2.11. The second-order valence-corrected chi connectivity index (χ2v) is 3.12. The zero-order valence-corrected chi connectivity index (χ0v) is 8.42. The number of pyridine rings is 1. The minimum atomic E-state index is -0.162. The average molecular weight is 192 g/mol. The van der Waals surface area contributed by atoms with E-state index in [1.54, 1.807) is 19.1 Å². The summed E-state index contributed by atoms with van der Waals surface area (Å²) in [5.41, 5.74) is 1.69. The van der Waals surface area contributed by atoms with Crippen molar-refractivity contribution >= 4 is 17.4 Å². The molecule has 4 heteroatoms. The van der Waals surface area contributed by atoms with Crippen LogP contribution in [0.2, 0.25) is 0 Å². The third-order valence-electron chi connectivity index (χ3n) is 1.63. The van der Waals surface area contributed by atoms with Crippen molar-refractivity contribution in [3.8, 4) is 0 Å². The Morgan fingerprint density at radius 3 is 2.43 bits per heavy atom. The van der Waals surface area contributed by atoms with Gasteiger partial charge in [0.05, 0.1) is 0 Å². The number of aromatic nitrogens is 1. The first kappa shape index (κ1) is 10.4. The van der Waals surface area contributed by atoms with Crippen LogP contribution in [0.15, 0.2) is 12.1 Å². The topological polar surface area (TPSA) is 59.1 Å². The Morgan fingerprint density at radius 2 is 1.93 bits per heavy atom. The van der Waals surface area contributed by atoms with Crippen molar-refractivity contribution in [2.24, 2.45) is 0 Å². The minimum absolute atomic E-state index is 0.111. The summed E-state index contributed by atoms with van der Waals surface area (Å²) in [5, 5.41) is 2.61. The molecule has 0 unspecified atom stereocenters. The van der Waals surface area contributed by atoms with Gasteiger partial charge in [-0.2, -0.15) is 0 Å². The van der Waals surface area contributed by atoms with Gasteiger partial charge >= 0.3 is 0 Å². The monoisotopic (exact) mass is 192 g/mol. The van der Waals surface area contributed by atoms with E-state index in [1.807, 2.05) is 0 Å². The zero-order chi connectivity index (χ0) is 10.7. The van der Waals surface area contributed by atoms with E-state index in [0.717, 1.165) is 0 Å². The maximum absolute atomic E-state index is 11.1. The number of Topliss-reactive ketones (excluding diaryl/α,β-unsaturated/α-hetero) is 1. The largest absolute Gasteiger partial charge is 0.326 e. The number of hydrogen-bond acceptors (Lipinski definition) is 3. The normalized spacial score (nSPS) is 9.64. The van der Waals surface area contributed by atoms with Crippen LogP contribution >= 0.6 is 0 Å². The number of ketones is 1. The van der Waals surface area contributed by atoms with Crippen LogP contribution in [-0.4, -0.2) is 16.7 Å². The highest BCUT2D eigenvalue weighted by Gasteiger charge is 2.04. The molecule has 0 aromatic carbocycles. The molecule has 0 atom stereocenters. The number of anilines is 1. The van der Waals surface area contributed by atoms with E-state index in [0.29, 0.717) is 17.1 Å². The van der Waals surface area contributed by atoms with Gasteiger partial charge in [0.15, 0.2) is 5.78 Å². The average Bonchev–Trinajstić information content (AvgIpc) is 2.01. The summed E-state index contributed by atoms with van der Waals surface area (Å²) in [7, 11) is 0. The lowest BCUT2D eigenvalue weighted by Gasteiger charge is -2.04. The predicted octanol–water partition coefficient (Wildman–Crippen LogP) is 1.55. The fourth-order valence-electron chi connectivity index (χ4n) is 1.12. The quantitative estimate of drug-likeness (QED) is 0.723. The van der Waals surface area contributed by atoms with Gasteiger partial charge in [-0.15, -0.1) is 0 Å². The van der Waals surface area contributed by atoms with Crippen molar-refractivity contribution in [3.05, 3.63) is 23.5 Å². The number of aryl methyl sites for hydroxylation is 1. The number of nitrogens with zero attached hydrogens (tertiary/aromatic N) is 1. The molecule has 0 saturated carbocycles. The number of hydrogen-bond donors (Lipinski definition) is 1. The highest BCUT2D eigenvalue weighted by atomic mass is 16.1. The molecule has 0 radical (unpaired) electrons. The van der Waals surface area contributed by atoms with E-state index < -0.39 is 0 Å². The van der Waals surface area contributed by atoms with Crippen molar-refractivity contribution in [1.29, 1.82) is 0 Å². The third kappa shape index (κ3) is 2.65. The van der Waals surface area contributed by atoms with Gasteiger partial charge in [0.25, 0.3) is 0 Å². The number of carbonyl (C=O) groups is 2. The lowest BCUT2D eigenvalue weighted by molar-refractivity contribution is -0.114. The second kappa shape index (κ2) is 4.00. The molecule has 1 amide bonds. The molecule has 1 heterocycles. The van der Waals surface area contributed by atoms with Gasteiger partial charge in [0.1, 0.15) is 5.69 Å². The molecule has 74 valence electrons. The van der Waals surface area contributed by atoms with Crippen molar-refractivity contribution < 1.29 is 9.59 Å². The van der Waals surface area contributed by atoms with E-state index in [2.05, 4.69) is 10.3 Å². The summed E-state index contributed by atoms with van der Waals surface area (Å²) in [4.78, 5) is 25.9. The van der Waals surface area contributed by atoms with E-state index in [4.69, 9.17) is 0 Å². The van der Waals surface area contributed by atoms with E-state index >= 15 is 0 Å². The van der Waals surface area contributed by atoms with Crippen molar-refractivity contribution in [3.63, 3.8) is 0 Å². The Kier molecular flexibility index (Phi) is 2.96. The minimum Gasteiger partial charge on any atom is -0.326 e. The molecule has 4 nitrogen and oxygen atoms in total. The lowest BCUT2D eigenvalue weighted by atomic mass is 10.2. The van der Waals surface area contributed by atoms with Crippen molar-refractivity contribution in [1.82, 2.24) is 4.98 Å². The fraction of sp³-hybridized carbons (Fsp3) is 0.300. The lowest BCUT2D eigenvalue weighted by Crippen LogP contribution is -2.08. The molecular weight excluding hydrogens is 180 g/mol. The number of amides is 1. The van der Waals surface area contributed by atoms with Gasteiger partial charge in [-0.25, -0.2) is 4.98 Å². The Bertz CT molecular complexity index is 386. The summed E-state index contributed by atoms with van der Waals surface area (Å²) in [6.45, 7) is 4.64. The van der Waals surface area contributed by atoms with Crippen molar-refractivity contribution in [2.75, 3.05) is 5.32 Å². The first-order valence-corrected chi connectivity index (χ1v) is 4.26. The first-order valence-electron chi connectivity index (χ1n) is 4.26. The third-order valence-corrected chi connectivity index (χ3v) is 1.63. The van der Waals surface area contributed by atoms with Gasteiger partial charge in [-0.1, -0.05) is 0 Å². The number of nitrogens with one attached hydrogen (secondary N) is 1. The Balaban J connectivity index is 3.07. The van der Waals surface area contributed by atoms with E-state index in [9.17, 15) is 9.59 Å². The smallest absolute Gasteiger partial charge is 0.221 e. The highest BCUT2D eigenvalue weighted by molar-refractivity contribution is 5.95. The molecule has 1 N–H and O–H groups in total. The van der Waals surface area contributed by atoms with Crippen LogP contribution in [0.4, 0.5) is 5.69 Å². The molecular formula is C10H12N2O2. The van der Waals surface area contributed by atoms with Crippen LogP contribution < -0.4 is 5.32 Å². The maximum Gasteiger partial charge on any atom is 0.221 e. The van der Waals surface area contributed by atoms with Crippen LogP contribution in [0.1, 0.15) is 30.0 Å². The van der Waals surface area contributed by atoms with Gasteiger partial charge in [0, 0.05) is 25.2 Å². The van der Waals surface area contributed by atoms with Crippen LogP contribution in [0.25, 0.3) is 0 Å². The van der Waals surface area contributed by atoms with Crippen molar-refractivity contribution in [2.45, 2.75) is 20.8 Å². The summed E-state index contributed by atoms with van der Waals surface area (Å²) < 4.78 is 0. The molecule has 1 rings (SSSR count). The number of carbonyl (C=O) groups excluding carboxylic acids is 2. The van der Waals surface area contributed by atoms with Gasteiger partial charge < -0.3 is 5.32 Å². The zero-order valence-electron chi connectivity index (χ0n) is 8.42. The first-order chi connectivity index (χ1) is 6.49. The molecule has 0 fully saturated rings. The maximum atomic E-state index is 11.1. The molecule has 0 saturated heterocycles. The summed E-state index contributed by atoms with van der Waals surface area (Å²) in [6, 6.07) is 3.28. The van der Waals surface area contributed by atoms with Crippen LogP contribution in [0.5, 0.6) is 0 Å². The molecule has 1 aromatic heterocycles. The van der Waals surface area contributed by atoms with E-state index in [1.165, 1.54) is 13.8 Å². The van der Waals surface area contributed by atoms with Crippen LogP contribution in [0, 0.1) is 6.92 Å². The second-order valence-electron chi connectivity index (χ2n) is 3.12. The molecule has 0 aliphatic heterocycles. The molecule has 14 heavy (non-hydrogen) atoms. The van der Waals surface area contributed by atoms with Crippen LogP contribution in [0.3, 0.4) is 0 Å². The SMILES string of the molecule is CC(=O)Nc1cc(C)nc(C(C)=O)c1. The molecule has 0 aliphatic rings. The molecule has 0 aliphatic carbocycles. The van der Waals surface area contributed by atoms with Crippen LogP contribution in [-0.2, 0) is 4.79 Å².